The first-order valence-corrected chi connectivity index (χ1v) is 6.38. The number of aromatic nitrogens is 1. The third-order valence-electron chi connectivity index (χ3n) is 2.42. The first kappa shape index (κ1) is 9.36. The molecule has 0 unspecified atom stereocenters. The zero-order valence-electron chi connectivity index (χ0n) is 7.87. The largest absolute Gasteiger partial charge is 0.491 e. The summed E-state index contributed by atoms with van der Waals surface area (Å²) in [5.74, 6) is 0.888. The molecule has 0 aliphatic carbocycles. The second-order valence-electron chi connectivity index (χ2n) is 3.35. The molecular formula is C11H8BrNOS. The quantitative estimate of drug-likeness (QED) is 0.690. The number of thiophene rings is 1. The summed E-state index contributed by atoms with van der Waals surface area (Å²) >= 11 is 5.12. The SMILES string of the molecule is Brc1ccc2c(n1)-c1sccc1CCO2. The van der Waals surface area contributed by atoms with Crippen molar-refractivity contribution in [2.75, 3.05) is 6.61 Å². The van der Waals surface area contributed by atoms with E-state index in [0.29, 0.717) is 0 Å². The van der Waals surface area contributed by atoms with E-state index >= 15 is 0 Å². The van der Waals surface area contributed by atoms with Gasteiger partial charge in [-0.05, 0) is 45.1 Å². The molecule has 0 atom stereocenters. The molecule has 4 heteroatoms. The molecule has 2 aromatic rings. The molecule has 0 radical (unpaired) electrons. The molecule has 1 aliphatic rings. The zero-order chi connectivity index (χ0) is 10.3. The van der Waals surface area contributed by atoms with Gasteiger partial charge in [0.2, 0.25) is 0 Å². The van der Waals surface area contributed by atoms with Crippen LogP contribution in [-0.2, 0) is 6.42 Å². The average molecular weight is 282 g/mol. The Morgan fingerprint density at radius 2 is 2.27 bits per heavy atom. The number of rotatable bonds is 0. The number of fused-ring (bicyclic) bond motifs is 3. The summed E-state index contributed by atoms with van der Waals surface area (Å²) in [4.78, 5) is 5.73. The van der Waals surface area contributed by atoms with Crippen LogP contribution in [-0.4, -0.2) is 11.6 Å². The first-order valence-electron chi connectivity index (χ1n) is 4.71. The average Bonchev–Trinajstić information content (AvgIpc) is 2.62. The van der Waals surface area contributed by atoms with Crippen LogP contribution in [0.4, 0.5) is 0 Å². The molecule has 3 heterocycles. The van der Waals surface area contributed by atoms with Crippen molar-refractivity contribution in [2.24, 2.45) is 0 Å². The maximum atomic E-state index is 5.67. The molecular weight excluding hydrogens is 274 g/mol. The van der Waals surface area contributed by atoms with Gasteiger partial charge in [0.25, 0.3) is 0 Å². The fraction of sp³-hybridized carbons (Fsp3) is 0.182. The van der Waals surface area contributed by atoms with Gasteiger partial charge in [-0.3, -0.25) is 0 Å². The molecule has 76 valence electrons. The van der Waals surface area contributed by atoms with Gasteiger partial charge < -0.3 is 4.74 Å². The van der Waals surface area contributed by atoms with Crippen LogP contribution in [0, 0.1) is 0 Å². The van der Waals surface area contributed by atoms with Crippen LogP contribution in [0.2, 0.25) is 0 Å². The molecule has 0 aromatic carbocycles. The lowest BCUT2D eigenvalue weighted by Crippen LogP contribution is -1.98. The molecule has 0 spiro atoms. The highest BCUT2D eigenvalue weighted by atomic mass is 79.9. The number of halogens is 1. The number of ether oxygens (including phenoxy) is 1. The topological polar surface area (TPSA) is 22.1 Å². The van der Waals surface area contributed by atoms with Gasteiger partial charge in [0.05, 0.1) is 11.5 Å². The van der Waals surface area contributed by atoms with Crippen LogP contribution >= 0.6 is 27.3 Å². The number of hydrogen-bond acceptors (Lipinski definition) is 3. The molecule has 0 amide bonds. The summed E-state index contributed by atoms with van der Waals surface area (Å²) in [6.07, 6.45) is 0.965. The fourth-order valence-corrected chi connectivity index (χ4v) is 2.97. The third-order valence-corrected chi connectivity index (χ3v) is 3.82. The maximum Gasteiger partial charge on any atom is 0.146 e. The highest BCUT2D eigenvalue weighted by Gasteiger charge is 2.17. The zero-order valence-corrected chi connectivity index (χ0v) is 10.3. The van der Waals surface area contributed by atoms with Gasteiger partial charge in [0, 0.05) is 6.42 Å². The van der Waals surface area contributed by atoms with Crippen molar-refractivity contribution in [3.63, 3.8) is 0 Å². The van der Waals surface area contributed by atoms with Crippen molar-refractivity contribution in [1.82, 2.24) is 4.98 Å². The molecule has 0 bridgehead atoms. The van der Waals surface area contributed by atoms with Crippen LogP contribution in [0.5, 0.6) is 5.75 Å². The van der Waals surface area contributed by atoms with Crippen LogP contribution < -0.4 is 4.74 Å². The van der Waals surface area contributed by atoms with E-state index in [1.165, 1.54) is 10.4 Å². The van der Waals surface area contributed by atoms with Gasteiger partial charge in [0.1, 0.15) is 16.0 Å². The number of pyridine rings is 1. The Hall–Kier alpha value is -0.870. The smallest absolute Gasteiger partial charge is 0.146 e. The lowest BCUT2D eigenvalue weighted by atomic mass is 10.1. The van der Waals surface area contributed by atoms with E-state index in [2.05, 4.69) is 32.4 Å². The molecule has 0 saturated carbocycles. The summed E-state index contributed by atoms with van der Waals surface area (Å²) in [6.45, 7) is 0.736. The summed E-state index contributed by atoms with van der Waals surface area (Å²) in [5, 5.41) is 2.11. The minimum atomic E-state index is 0.736. The molecule has 15 heavy (non-hydrogen) atoms. The predicted molar refractivity (Wildman–Crippen MR) is 64.4 cm³/mol. The highest BCUT2D eigenvalue weighted by Crippen LogP contribution is 2.37. The molecule has 2 nitrogen and oxygen atoms in total. The Morgan fingerprint density at radius 1 is 1.33 bits per heavy atom. The van der Waals surface area contributed by atoms with Gasteiger partial charge in [-0.15, -0.1) is 11.3 Å². The van der Waals surface area contributed by atoms with E-state index in [-0.39, 0.29) is 0 Å². The number of nitrogens with zero attached hydrogens (tertiary/aromatic N) is 1. The Labute approximate surface area is 100 Å². The van der Waals surface area contributed by atoms with E-state index in [1.54, 1.807) is 11.3 Å². The summed E-state index contributed by atoms with van der Waals surface area (Å²) in [6, 6.07) is 6.04. The normalized spacial score (nSPS) is 13.7. The minimum Gasteiger partial charge on any atom is -0.491 e. The van der Waals surface area contributed by atoms with Gasteiger partial charge in [-0.25, -0.2) is 4.98 Å². The van der Waals surface area contributed by atoms with Crippen molar-refractivity contribution >= 4 is 27.3 Å². The minimum absolute atomic E-state index is 0.736. The molecule has 1 aliphatic heterocycles. The van der Waals surface area contributed by atoms with Crippen LogP contribution in [0.15, 0.2) is 28.2 Å². The van der Waals surface area contributed by atoms with Crippen LogP contribution in [0.25, 0.3) is 10.6 Å². The standard InChI is InChI=1S/C11H8BrNOS/c12-9-2-1-8-10(13-9)11-7(3-5-14-8)4-6-15-11/h1-2,4,6H,3,5H2. The lowest BCUT2D eigenvalue weighted by molar-refractivity contribution is 0.325. The second-order valence-corrected chi connectivity index (χ2v) is 5.08. The van der Waals surface area contributed by atoms with Gasteiger partial charge in [-0.2, -0.15) is 0 Å². The Kier molecular flexibility index (Phi) is 2.25. The van der Waals surface area contributed by atoms with E-state index in [0.717, 1.165) is 29.1 Å². The van der Waals surface area contributed by atoms with Crippen molar-refractivity contribution in [3.05, 3.63) is 33.7 Å². The van der Waals surface area contributed by atoms with E-state index in [1.807, 2.05) is 12.1 Å². The summed E-state index contributed by atoms with van der Waals surface area (Å²) in [5.41, 5.74) is 2.30. The summed E-state index contributed by atoms with van der Waals surface area (Å²) < 4.78 is 6.52. The molecule has 0 N–H and O–H groups in total. The van der Waals surface area contributed by atoms with E-state index < -0.39 is 0 Å². The Morgan fingerprint density at radius 3 is 3.20 bits per heavy atom. The van der Waals surface area contributed by atoms with E-state index in [9.17, 15) is 0 Å². The molecule has 0 saturated heterocycles. The van der Waals surface area contributed by atoms with E-state index in [4.69, 9.17) is 4.74 Å². The molecule has 2 aromatic heterocycles. The lowest BCUT2D eigenvalue weighted by Gasteiger charge is -2.05. The second kappa shape index (κ2) is 3.61. The predicted octanol–water partition coefficient (Wildman–Crippen LogP) is 3.51. The van der Waals surface area contributed by atoms with Crippen LogP contribution in [0.3, 0.4) is 0 Å². The van der Waals surface area contributed by atoms with Crippen LogP contribution in [0.1, 0.15) is 5.56 Å². The molecule has 3 rings (SSSR count). The third kappa shape index (κ3) is 1.58. The Balaban J connectivity index is 2.27. The van der Waals surface area contributed by atoms with Crippen molar-refractivity contribution in [3.8, 4) is 16.3 Å². The van der Waals surface area contributed by atoms with Crippen molar-refractivity contribution in [1.29, 1.82) is 0 Å². The summed E-state index contributed by atoms with van der Waals surface area (Å²) in [7, 11) is 0. The van der Waals surface area contributed by atoms with Gasteiger partial charge in [0.15, 0.2) is 0 Å². The Bertz CT molecular complexity index is 509. The molecule has 0 fully saturated rings. The van der Waals surface area contributed by atoms with Gasteiger partial charge >= 0.3 is 0 Å². The monoisotopic (exact) mass is 281 g/mol. The highest BCUT2D eigenvalue weighted by molar-refractivity contribution is 9.10. The maximum absolute atomic E-state index is 5.67. The van der Waals surface area contributed by atoms with Gasteiger partial charge in [-0.1, -0.05) is 0 Å². The van der Waals surface area contributed by atoms with Crippen molar-refractivity contribution in [2.45, 2.75) is 6.42 Å². The number of hydrogen-bond donors (Lipinski definition) is 0. The van der Waals surface area contributed by atoms with Crippen molar-refractivity contribution < 1.29 is 4.74 Å². The first-order chi connectivity index (χ1) is 7.34. The fourth-order valence-electron chi connectivity index (χ4n) is 1.71.